The maximum atomic E-state index is 15.2. The van der Waals surface area contributed by atoms with Crippen LogP contribution in [-0.2, 0) is 11.3 Å². The lowest BCUT2D eigenvalue weighted by molar-refractivity contribution is 0.0809. The fourth-order valence-corrected chi connectivity index (χ4v) is 4.37. The third-order valence-electron chi connectivity index (χ3n) is 6.25. The normalized spacial score (nSPS) is 19.9. The van der Waals surface area contributed by atoms with E-state index in [1.807, 2.05) is 18.7 Å². The van der Waals surface area contributed by atoms with Gasteiger partial charge in [0.1, 0.15) is 25.1 Å². The van der Waals surface area contributed by atoms with E-state index < -0.39 is 12.3 Å². The van der Waals surface area contributed by atoms with Crippen molar-refractivity contribution < 1.29 is 23.3 Å². The van der Waals surface area contributed by atoms with Crippen LogP contribution in [0.5, 0.6) is 17.2 Å². The molecule has 0 unspecified atom stereocenters. The van der Waals surface area contributed by atoms with Gasteiger partial charge in [0.05, 0.1) is 18.8 Å². The lowest BCUT2D eigenvalue weighted by atomic mass is 10.0. The number of aryl methyl sites for hydroxylation is 1. The molecular formula is C24H27FN4O5. The van der Waals surface area contributed by atoms with Crippen LogP contribution in [0.1, 0.15) is 23.2 Å². The van der Waals surface area contributed by atoms with Gasteiger partial charge >= 0.3 is 0 Å². The van der Waals surface area contributed by atoms with Gasteiger partial charge in [0.25, 0.3) is 5.56 Å². The Kier molecular flexibility index (Phi) is 5.99. The number of rotatable bonds is 5. The van der Waals surface area contributed by atoms with Gasteiger partial charge < -0.3 is 23.8 Å². The van der Waals surface area contributed by atoms with E-state index in [0.717, 1.165) is 11.1 Å². The van der Waals surface area contributed by atoms with Gasteiger partial charge in [-0.15, -0.1) is 5.10 Å². The maximum absolute atomic E-state index is 15.2. The van der Waals surface area contributed by atoms with E-state index in [1.165, 1.54) is 10.6 Å². The van der Waals surface area contributed by atoms with Crippen LogP contribution >= 0.6 is 0 Å². The lowest BCUT2D eigenvalue weighted by Crippen LogP contribution is -2.48. The Morgan fingerprint density at radius 2 is 1.94 bits per heavy atom. The molecule has 0 N–H and O–H groups in total. The number of ether oxygens (including phenoxy) is 4. The molecule has 0 saturated carbocycles. The van der Waals surface area contributed by atoms with E-state index in [2.05, 4.69) is 10.1 Å². The van der Waals surface area contributed by atoms with E-state index in [4.69, 9.17) is 18.9 Å². The molecule has 9 nitrogen and oxygen atoms in total. The van der Waals surface area contributed by atoms with Crippen molar-refractivity contribution in [3.8, 4) is 17.2 Å². The number of aromatic nitrogens is 3. The van der Waals surface area contributed by atoms with E-state index >= 15 is 4.39 Å². The molecule has 3 aromatic rings. The summed E-state index contributed by atoms with van der Waals surface area (Å²) >= 11 is 0. The van der Waals surface area contributed by atoms with Gasteiger partial charge in [0, 0.05) is 43.3 Å². The molecule has 0 radical (unpaired) electrons. The van der Waals surface area contributed by atoms with E-state index in [1.54, 1.807) is 25.3 Å². The predicted molar refractivity (Wildman–Crippen MR) is 123 cm³/mol. The number of fused-ring (bicyclic) bond motifs is 2. The highest BCUT2D eigenvalue weighted by Gasteiger charge is 2.33. The van der Waals surface area contributed by atoms with E-state index in [-0.39, 0.29) is 18.7 Å². The minimum Gasteiger partial charge on any atom is -0.487 e. The lowest BCUT2D eigenvalue weighted by Gasteiger charge is -2.36. The highest BCUT2D eigenvalue weighted by Crippen LogP contribution is 2.35. The van der Waals surface area contributed by atoms with Crippen LogP contribution < -0.4 is 24.7 Å². The Labute approximate surface area is 196 Å². The number of hydrogen-bond acceptors (Lipinski definition) is 8. The van der Waals surface area contributed by atoms with Gasteiger partial charge in [-0.1, -0.05) is 0 Å². The van der Waals surface area contributed by atoms with Gasteiger partial charge in [-0.2, -0.15) is 4.52 Å². The van der Waals surface area contributed by atoms with Gasteiger partial charge in [0.15, 0.2) is 29.1 Å². The monoisotopic (exact) mass is 470 g/mol. The molecule has 1 saturated heterocycles. The smallest absolute Gasteiger partial charge is 0.274 e. The second-order valence-electron chi connectivity index (χ2n) is 8.54. The van der Waals surface area contributed by atoms with Crippen molar-refractivity contribution in [2.24, 2.45) is 0 Å². The number of halogens is 1. The van der Waals surface area contributed by atoms with E-state index in [9.17, 15) is 4.79 Å². The summed E-state index contributed by atoms with van der Waals surface area (Å²) in [6, 6.07) is 6.69. The zero-order valence-electron chi connectivity index (χ0n) is 19.4. The molecule has 34 heavy (non-hydrogen) atoms. The van der Waals surface area contributed by atoms with Crippen molar-refractivity contribution in [3.05, 3.63) is 51.4 Å². The second kappa shape index (κ2) is 9.09. The van der Waals surface area contributed by atoms with Crippen LogP contribution in [0.15, 0.2) is 29.1 Å². The Morgan fingerprint density at radius 3 is 2.71 bits per heavy atom. The van der Waals surface area contributed by atoms with Gasteiger partial charge in [-0.25, -0.2) is 9.37 Å². The maximum Gasteiger partial charge on any atom is 0.274 e. The Morgan fingerprint density at radius 1 is 1.15 bits per heavy atom. The number of alkyl halides is 1. The number of benzene rings is 1. The average Bonchev–Trinajstić information content (AvgIpc) is 2.83. The molecular weight excluding hydrogens is 443 g/mol. The van der Waals surface area contributed by atoms with Crippen LogP contribution in [0.2, 0.25) is 0 Å². The van der Waals surface area contributed by atoms with Crippen LogP contribution in [0.4, 0.5) is 10.2 Å². The third kappa shape index (κ3) is 4.13. The van der Waals surface area contributed by atoms with Crippen molar-refractivity contribution in [2.45, 2.75) is 39.2 Å². The number of hydrogen-bond donors (Lipinski definition) is 0. The highest BCUT2D eigenvalue weighted by molar-refractivity contribution is 5.59. The van der Waals surface area contributed by atoms with Crippen LogP contribution in [0.3, 0.4) is 0 Å². The quantitative estimate of drug-likeness (QED) is 0.563. The zero-order chi connectivity index (χ0) is 23.8. The zero-order valence-corrected chi connectivity index (χ0v) is 19.4. The van der Waals surface area contributed by atoms with Crippen molar-refractivity contribution in [1.29, 1.82) is 0 Å². The first kappa shape index (κ1) is 22.4. The van der Waals surface area contributed by atoms with Crippen molar-refractivity contribution >= 4 is 11.5 Å². The van der Waals surface area contributed by atoms with Crippen LogP contribution in [0.25, 0.3) is 5.65 Å². The summed E-state index contributed by atoms with van der Waals surface area (Å²) in [5.74, 6) is 2.40. The fraction of sp³-hybridized carbons (Fsp3) is 0.458. The topological polar surface area (TPSA) is 87.4 Å². The first-order valence-electron chi connectivity index (χ1n) is 11.3. The van der Waals surface area contributed by atoms with Crippen molar-refractivity contribution in [2.75, 3.05) is 38.3 Å². The molecule has 2 aliphatic heterocycles. The Hall–Kier alpha value is -3.40. The molecule has 0 bridgehead atoms. The largest absolute Gasteiger partial charge is 0.487 e. The summed E-state index contributed by atoms with van der Waals surface area (Å²) < 4.78 is 38.7. The highest BCUT2D eigenvalue weighted by atomic mass is 19.1. The van der Waals surface area contributed by atoms with Crippen molar-refractivity contribution in [3.63, 3.8) is 0 Å². The number of methoxy groups -OCH3 is 1. The van der Waals surface area contributed by atoms with E-state index in [0.29, 0.717) is 60.6 Å². The summed E-state index contributed by atoms with van der Waals surface area (Å²) in [5, 5.41) is 4.54. The standard InChI is InChI=1S/C24H27FN4O5/c1-14-15(2)24(27-29-22(30)10-16(13-31-3)26-23(14)29)28-7-6-19(18(25)12-28)34-17-4-5-20-21(11-17)33-9-8-32-20/h4-5,10-11,18-19H,6-9,12-13H2,1-3H3/t18-,19+/m0/s1. The molecule has 2 atom stereocenters. The third-order valence-corrected chi connectivity index (χ3v) is 6.25. The second-order valence-corrected chi connectivity index (χ2v) is 8.54. The Balaban J connectivity index is 1.35. The first-order valence-corrected chi connectivity index (χ1v) is 11.3. The number of nitrogens with zero attached hydrogens (tertiary/aromatic N) is 4. The number of anilines is 1. The molecule has 0 aliphatic carbocycles. The molecule has 5 rings (SSSR count). The molecule has 180 valence electrons. The summed E-state index contributed by atoms with van der Waals surface area (Å²) in [5.41, 5.74) is 2.42. The minimum absolute atomic E-state index is 0.109. The SMILES string of the molecule is COCc1cc(=O)n2nc(N3CC[C@@H](Oc4ccc5c(c4)OCCO5)[C@@H](F)C3)c(C)c(C)c2n1. The molecule has 2 aromatic heterocycles. The molecule has 10 heteroatoms. The predicted octanol–water partition coefficient (Wildman–Crippen LogP) is 2.62. The number of piperidine rings is 1. The average molecular weight is 471 g/mol. The minimum atomic E-state index is -1.24. The molecule has 1 aromatic carbocycles. The van der Waals surface area contributed by atoms with Gasteiger partial charge in [-0.3, -0.25) is 4.79 Å². The van der Waals surface area contributed by atoms with Crippen LogP contribution in [-0.4, -0.2) is 60.3 Å². The summed E-state index contributed by atoms with van der Waals surface area (Å²) in [6.45, 7) is 5.69. The molecule has 1 fully saturated rings. The van der Waals surface area contributed by atoms with Crippen molar-refractivity contribution in [1.82, 2.24) is 14.6 Å². The summed E-state index contributed by atoms with van der Waals surface area (Å²) in [4.78, 5) is 19.1. The van der Waals surface area contributed by atoms with Crippen LogP contribution in [0, 0.1) is 13.8 Å². The molecule has 0 amide bonds. The first-order chi connectivity index (χ1) is 16.4. The molecule has 2 aliphatic rings. The summed E-state index contributed by atoms with van der Waals surface area (Å²) in [7, 11) is 1.55. The molecule has 0 spiro atoms. The van der Waals surface area contributed by atoms with Gasteiger partial charge in [-0.05, 0) is 26.0 Å². The fourth-order valence-electron chi connectivity index (χ4n) is 4.37. The summed E-state index contributed by atoms with van der Waals surface area (Å²) in [6.07, 6.45) is -1.37. The van der Waals surface area contributed by atoms with Gasteiger partial charge in [0.2, 0.25) is 0 Å². The molecule has 4 heterocycles. The Bertz CT molecular complexity index is 1280.